The minimum atomic E-state index is 0.859. The van der Waals surface area contributed by atoms with Crippen molar-refractivity contribution < 1.29 is 4.74 Å². The van der Waals surface area contributed by atoms with E-state index < -0.39 is 0 Å². The predicted molar refractivity (Wildman–Crippen MR) is 84.4 cm³/mol. The van der Waals surface area contributed by atoms with E-state index >= 15 is 0 Å². The third kappa shape index (κ3) is 2.10. The van der Waals surface area contributed by atoms with Crippen LogP contribution in [0.4, 0.5) is 0 Å². The van der Waals surface area contributed by atoms with Gasteiger partial charge in [0, 0.05) is 16.2 Å². The lowest BCUT2D eigenvalue weighted by molar-refractivity contribution is 0.415. The standard InChI is InChI=1S/C16H15BrN2O/c1-10-8-15-18-11(2)16(19(15)9-14(10)17)12-4-6-13(20-3)7-5-12/h4-9H,1-3H3. The highest BCUT2D eigenvalue weighted by Crippen LogP contribution is 2.28. The molecule has 0 unspecified atom stereocenters. The third-order valence-corrected chi connectivity index (χ3v) is 4.27. The zero-order chi connectivity index (χ0) is 14.3. The van der Waals surface area contributed by atoms with Gasteiger partial charge in [0.05, 0.1) is 18.5 Å². The number of halogens is 1. The molecule has 0 amide bonds. The molecule has 0 radical (unpaired) electrons. The first kappa shape index (κ1) is 13.2. The zero-order valence-corrected chi connectivity index (χ0v) is 13.2. The maximum Gasteiger partial charge on any atom is 0.137 e. The van der Waals surface area contributed by atoms with Crippen molar-refractivity contribution in [3.05, 3.63) is 52.3 Å². The molecule has 0 aliphatic carbocycles. The Hall–Kier alpha value is -1.81. The first-order valence-corrected chi connectivity index (χ1v) is 7.18. The number of rotatable bonds is 2. The lowest BCUT2D eigenvalue weighted by Gasteiger charge is -2.06. The molecule has 0 fully saturated rings. The summed E-state index contributed by atoms with van der Waals surface area (Å²) < 4.78 is 8.41. The second kappa shape index (κ2) is 4.94. The van der Waals surface area contributed by atoms with E-state index in [1.165, 1.54) is 5.56 Å². The van der Waals surface area contributed by atoms with Crippen LogP contribution in [0.5, 0.6) is 5.75 Å². The van der Waals surface area contributed by atoms with Gasteiger partial charge < -0.3 is 4.74 Å². The molecule has 3 nitrogen and oxygen atoms in total. The number of nitrogens with zero attached hydrogens (tertiary/aromatic N) is 2. The average Bonchev–Trinajstić information content (AvgIpc) is 2.75. The van der Waals surface area contributed by atoms with E-state index in [4.69, 9.17) is 4.74 Å². The molecule has 4 heteroatoms. The van der Waals surface area contributed by atoms with Gasteiger partial charge in [-0.25, -0.2) is 4.98 Å². The summed E-state index contributed by atoms with van der Waals surface area (Å²) in [4.78, 5) is 4.64. The van der Waals surface area contributed by atoms with E-state index in [-0.39, 0.29) is 0 Å². The summed E-state index contributed by atoms with van der Waals surface area (Å²) >= 11 is 3.59. The van der Waals surface area contributed by atoms with E-state index in [9.17, 15) is 0 Å². The van der Waals surface area contributed by atoms with Crippen molar-refractivity contribution in [2.75, 3.05) is 7.11 Å². The molecule has 0 atom stereocenters. The first-order valence-electron chi connectivity index (χ1n) is 6.39. The lowest BCUT2D eigenvalue weighted by Crippen LogP contribution is -1.91. The van der Waals surface area contributed by atoms with Crippen LogP contribution in [0.15, 0.2) is 41.0 Å². The molecule has 0 spiro atoms. The Bertz CT molecular complexity index is 775. The largest absolute Gasteiger partial charge is 0.497 e. The number of aryl methyl sites for hydroxylation is 2. The Labute approximate surface area is 126 Å². The Morgan fingerprint density at radius 1 is 1.15 bits per heavy atom. The Kier molecular flexibility index (Phi) is 3.26. The topological polar surface area (TPSA) is 26.5 Å². The van der Waals surface area contributed by atoms with E-state index in [1.807, 2.05) is 19.1 Å². The Balaban J connectivity index is 2.23. The summed E-state index contributed by atoms with van der Waals surface area (Å²) in [5.74, 6) is 0.859. The summed E-state index contributed by atoms with van der Waals surface area (Å²) in [6.45, 7) is 4.11. The number of benzene rings is 1. The van der Waals surface area contributed by atoms with Gasteiger partial charge in [0.15, 0.2) is 0 Å². The molecule has 0 N–H and O–H groups in total. The second-order valence-electron chi connectivity index (χ2n) is 4.81. The maximum atomic E-state index is 5.21. The van der Waals surface area contributed by atoms with Crippen LogP contribution in [0.1, 0.15) is 11.3 Å². The van der Waals surface area contributed by atoms with Gasteiger partial charge in [-0.05, 0) is 65.7 Å². The van der Waals surface area contributed by atoms with E-state index in [2.05, 4.69) is 56.6 Å². The number of fused-ring (bicyclic) bond motifs is 1. The summed E-state index contributed by atoms with van der Waals surface area (Å²) in [7, 11) is 1.67. The van der Waals surface area contributed by atoms with Crippen molar-refractivity contribution in [3.63, 3.8) is 0 Å². The number of pyridine rings is 1. The van der Waals surface area contributed by atoms with Crippen LogP contribution < -0.4 is 4.74 Å². The molecule has 1 aromatic carbocycles. The molecule has 3 rings (SSSR count). The van der Waals surface area contributed by atoms with Crippen molar-refractivity contribution in [1.29, 1.82) is 0 Å². The smallest absolute Gasteiger partial charge is 0.137 e. The highest BCUT2D eigenvalue weighted by atomic mass is 79.9. The second-order valence-corrected chi connectivity index (χ2v) is 5.66. The summed E-state index contributed by atoms with van der Waals surface area (Å²) in [6.07, 6.45) is 2.07. The van der Waals surface area contributed by atoms with Crippen LogP contribution in [0.3, 0.4) is 0 Å². The Morgan fingerprint density at radius 2 is 1.85 bits per heavy atom. The number of imidazole rings is 1. The van der Waals surface area contributed by atoms with Gasteiger partial charge >= 0.3 is 0 Å². The number of methoxy groups -OCH3 is 1. The highest BCUT2D eigenvalue weighted by molar-refractivity contribution is 9.10. The van der Waals surface area contributed by atoms with Crippen LogP contribution in [0, 0.1) is 13.8 Å². The van der Waals surface area contributed by atoms with Gasteiger partial charge in [-0.2, -0.15) is 0 Å². The monoisotopic (exact) mass is 330 g/mol. The molecule has 0 saturated carbocycles. The van der Waals surface area contributed by atoms with Gasteiger partial charge in [-0.1, -0.05) is 0 Å². The van der Waals surface area contributed by atoms with Crippen molar-refractivity contribution in [2.24, 2.45) is 0 Å². The maximum absolute atomic E-state index is 5.21. The van der Waals surface area contributed by atoms with Crippen LogP contribution >= 0.6 is 15.9 Å². The lowest BCUT2D eigenvalue weighted by atomic mass is 10.1. The van der Waals surface area contributed by atoms with Gasteiger partial charge in [-0.15, -0.1) is 0 Å². The van der Waals surface area contributed by atoms with Gasteiger partial charge in [0.2, 0.25) is 0 Å². The zero-order valence-electron chi connectivity index (χ0n) is 11.6. The Morgan fingerprint density at radius 3 is 2.50 bits per heavy atom. The summed E-state index contributed by atoms with van der Waals surface area (Å²) in [6, 6.07) is 10.1. The quantitative estimate of drug-likeness (QED) is 0.696. The fourth-order valence-corrected chi connectivity index (χ4v) is 2.69. The van der Waals surface area contributed by atoms with Crippen molar-refractivity contribution in [3.8, 4) is 17.0 Å². The van der Waals surface area contributed by atoms with Crippen LogP contribution in [-0.2, 0) is 0 Å². The minimum Gasteiger partial charge on any atom is -0.497 e. The minimum absolute atomic E-state index is 0.859. The highest BCUT2D eigenvalue weighted by Gasteiger charge is 2.12. The molecule has 2 aromatic heterocycles. The van der Waals surface area contributed by atoms with Crippen LogP contribution in [0.25, 0.3) is 16.9 Å². The van der Waals surface area contributed by atoms with Gasteiger partial charge in [0.25, 0.3) is 0 Å². The predicted octanol–water partition coefficient (Wildman–Crippen LogP) is 4.39. The number of ether oxygens (including phenoxy) is 1. The van der Waals surface area contributed by atoms with Crippen molar-refractivity contribution >= 4 is 21.6 Å². The molecule has 2 heterocycles. The fraction of sp³-hybridized carbons (Fsp3) is 0.188. The van der Waals surface area contributed by atoms with E-state index in [0.717, 1.165) is 32.8 Å². The molecule has 0 aliphatic rings. The molecule has 0 bridgehead atoms. The SMILES string of the molecule is COc1ccc(-c2c(C)nc3cc(C)c(Br)cn23)cc1. The first-order chi connectivity index (χ1) is 9.60. The van der Waals surface area contributed by atoms with Crippen LogP contribution in [0.2, 0.25) is 0 Å². The van der Waals surface area contributed by atoms with Crippen molar-refractivity contribution in [2.45, 2.75) is 13.8 Å². The number of hydrogen-bond donors (Lipinski definition) is 0. The molecular formula is C16H15BrN2O. The van der Waals surface area contributed by atoms with Crippen molar-refractivity contribution in [1.82, 2.24) is 9.38 Å². The summed E-state index contributed by atoms with van der Waals surface area (Å²) in [5, 5.41) is 0. The van der Waals surface area contributed by atoms with Crippen LogP contribution in [-0.4, -0.2) is 16.5 Å². The molecule has 0 aliphatic heterocycles. The molecule has 20 heavy (non-hydrogen) atoms. The summed E-state index contributed by atoms with van der Waals surface area (Å²) in [5.41, 5.74) is 5.42. The van der Waals surface area contributed by atoms with Gasteiger partial charge in [0.1, 0.15) is 11.4 Å². The normalized spacial score (nSPS) is 11.0. The van der Waals surface area contributed by atoms with E-state index in [1.54, 1.807) is 7.11 Å². The average molecular weight is 331 g/mol. The third-order valence-electron chi connectivity index (χ3n) is 3.44. The molecule has 102 valence electrons. The number of hydrogen-bond acceptors (Lipinski definition) is 2. The molecule has 0 saturated heterocycles. The van der Waals surface area contributed by atoms with E-state index in [0.29, 0.717) is 0 Å². The fourth-order valence-electron chi connectivity index (χ4n) is 2.37. The van der Waals surface area contributed by atoms with Gasteiger partial charge in [-0.3, -0.25) is 4.40 Å². The number of aromatic nitrogens is 2. The molecular weight excluding hydrogens is 316 g/mol. The molecule has 3 aromatic rings.